The standard InChI is InChI=1S/C12H11F3N2O2S/c1-16-10(18)5-9-11(19)17-7-4-6(12(13,14)15)2-3-8(7)20-9/h2-4,9H,5H2,1H3,(H,16,18)(H,17,19)/t9-/m0/s1. The summed E-state index contributed by atoms with van der Waals surface area (Å²) in [5.41, 5.74) is -0.690. The van der Waals surface area contributed by atoms with Crippen molar-refractivity contribution in [2.45, 2.75) is 22.7 Å². The molecule has 4 nitrogen and oxygen atoms in total. The number of amides is 2. The van der Waals surface area contributed by atoms with Gasteiger partial charge in [0.25, 0.3) is 0 Å². The lowest BCUT2D eigenvalue weighted by atomic mass is 10.1. The molecule has 0 unspecified atom stereocenters. The third-order valence-electron chi connectivity index (χ3n) is 2.78. The molecule has 0 saturated heterocycles. The zero-order chi connectivity index (χ0) is 14.9. The molecule has 0 saturated carbocycles. The summed E-state index contributed by atoms with van der Waals surface area (Å²) in [7, 11) is 1.46. The molecule has 1 aliphatic heterocycles. The van der Waals surface area contributed by atoms with Crippen molar-refractivity contribution in [3.05, 3.63) is 23.8 Å². The molecule has 8 heteroatoms. The van der Waals surface area contributed by atoms with Gasteiger partial charge in [-0.25, -0.2) is 0 Å². The summed E-state index contributed by atoms with van der Waals surface area (Å²) >= 11 is 1.09. The maximum absolute atomic E-state index is 12.6. The van der Waals surface area contributed by atoms with Gasteiger partial charge in [0.2, 0.25) is 11.8 Å². The molecule has 0 aromatic heterocycles. The second-order valence-electron chi connectivity index (χ2n) is 4.18. The summed E-state index contributed by atoms with van der Waals surface area (Å²) in [4.78, 5) is 23.6. The first kappa shape index (κ1) is 14.7. The number of hydrogen-bond donors (Lipinski definition) is 2. The molecule has 0 bridgehead atoms. The Balaban J connectivity index is 2.23. The number of halogens is 3. The fourth-order valence-electron chi connectivity index (χ4n) is 1.73. The number of benzene rings is 1. The van der Waals surface area contributed by atoms with Crippen LogP contribution in [-0.4, -0.2) is 24.1 Å². The molecule has 2 N–H and O–H groups in total. The van der Waals surface area contributed by atoms with Gasteiger partial charge in [-0.15, -0.1) is 11.8 Å². The number of carbonyl (C=O) groups is 2. The molecule has 0 aliphatic carbocycles. The molecule has 20 heavy (non-hydrogen) atoms. The molecule has 1 aromatic rings. The van der Waals surface area contributed by atoms with E-state index in [-0.39, 0.29) is 18.0 Å². The fraction of sp³-hybridized carbons (Fsp3) is 0.333. The van der Waals surface area contributed by atoms with E-state index in [1.54, 1.807) is 0 Å². The number of carbonyl (C=O) groups excluding carboxylic acids is 2. The van der Waals surface area contributed by atoms with Crippen molar-refractivity contribution in [1.82, 2.24) is 5.32 Å². The van der Waals surface area contributed by atoms with Crippen LogP contribution in [0.3, 0.4) is 0 Å². The van der Waals surface area contributed by atoms with Crippen LogP contribution in [0.25, 0.3) is 0 Å². The summed E-state index contributed by atoms with van der Waals surface area (Å²) in [5.74, 6) is -0.765. The lowest BCUT2D eigenvalue weighted by Crippen LogP contribution is -2.33. The molecule has 1 aromatic carbocycles. The largest absolute Gasteiger partial charge is 0.416 e. The molecule has 0 spiro atoms. The van der Waals surface area contributed by atoms with Crippen LogP contribution in [0.15, 0.2) is 23.1 Å². The molecule has 0 fully saturated rings. The molecule has 1 aliphatic rings. The van der Waals surface area contributed by atoms with Crippen molar-refractivity contribution in [3.8, 4) is 0 Å². The first-order chi connectivity index (χ1) is 9.31. The Hall–Kier alpha value is -1.70. The maximum Gasteiger partial charge on any atom is 0.416 e. The second kappa shape index (κ2) is 5.35. The summed E-state index contributed by atoms with van der Waals surface area (Å²) in [6.07, 6.45) is -4.48. The van der Waals surface area contributed by atoms with Gasteiger partial charge in [0.05, 0.1) is 16.5 Å². The van der Waals surface area contributed by atoms with Crippen LogP contribution >= 0.6 is 11.8 Å². The summed E-state index contributed by atoms with van der Waals surface area (Å²) in [5, 5.41) is 4.18. The summed E-state index contributed by atoms with van der Waals surface area (Å²) in [6.45, 7) is 0. The zero-order valence-electron chi connectivity index (χ0n) is 10.4. The lowest BCUT2D eigenvalue weighted by Gasteiger charge is -2.24. The Kier molecular flexibility index (Phi) is 3.94. The number of thioether (sulfide) groups is 1. The minimum atomic E-state index is -4.45. The van der Waals surface area contributed by atoms with Crippen LogP contribution in [0, 0.1) is 0 Å². The molecular formula is C12H11F3N2O2S. The summed E-state index contributed by atoms with van der Waals surface area (Å²) < 4.78 is 37.7. The monoisotopic (exact) mass is 304 g/mol. The number of hydrogen-bond acceptors (Lipinski definition) is 3. The Morgan fingerprint density at radius 1 is 1.45 bits per heavy atom. The third-order valence-corrected chi connectivity index (χ3v) is 4.05. The minimum absolute atomic E-state index is 0.0204. The van der Waals surface area contributed by atoms with Gasteiger partial charge in [0.15, 0.2) is 0 Å². The fourth-order valence-corrected chi connectivity index (χ4v) is 2.82. The number of fused-ring (bicyclic) bond motifs is 1. The average Bonchev–Trinajstić information content (AvgIpc) is 2.37. The smallest absolute Gasteiger partial charge is 0.359 e. The lowest BCUT2D eigenvalue weighted by molar-refractivity contribution is -0.137. The van der Waals surface area contributed by atoms with Gasteiger partial charge in [0, 0.05) is 18.4 Å². The minimum Gasteiger partial charge on any atom is -0.359 e. The Morgan fingerprint density at radius 2 is 2.15 bits per heavy atom. The highest BCUT2D eigenvalue weighted by atomic mass is 32.2. The summed E-state index contributed by atoms with van der Waals surface area (Å²) in [6, 6.07) is 3.16. The molecule has 1 atom stereocenters. The van der Waals surface area contributed by atoms with Crippen molar-refractivity contribution in [1.29, 1.82) is 0 Å². The third kappa shape index (κ3) is 3.06. The average molecular weight is 304 g/mol. The molecule has 0 radical (unpaired) electrons. The van der Waals surface area contributed by atoms with Crippen LogP contribution in [-0.2, 0) is 15.8 Å². The van der Waals surface area contributed by atoms with Gasteiger partial charge in [-0.05, 0) is 18.2 Å². The van der Waals surface area contributed by atoms with Gasteiger partial charge in [0.1, 0.15) is 0 Å². The first-order valence-corrected chi connectivity index (χ1v) is 6.58. The molecule has 2 amide bonds. The van der Waals surface area contributed by atoms with E-state index in [4.69, 9.17) is 0 Å². The van der Waals surface area contributed by atoms with Gasteiger partial charge in [-0.2, -0.15) is 13.2 Å². The number of alkyl halides is 3. The van der Waals surface area contributed by atoms with Crippen molar-refractivity contribution in [2.75, 3.05) is 12.4 Å². The zero-order valence-corrected chi connectivity index (χ0v) is 11.2. The van der Waals surface area contributed by atoms with E-state index >= 15 is 0 Å². The predicted octanol–water partition coefficient (Wildman–Crippen LogP) is 2.25. The number of nitrogens with one attached hydrogen (secondary N) is 2. The van der Waals surface area contributed by atoms with Gasteiger partial charge < -0.3 is 10.6 Å². The van der Waals surface area contributed by atoms with E-state index < -0.39 is 22.9 Å². The van der Waals surface area contributed by atoms with E-state index in [1.807, 2.05) is 0 Å². The van der Waals surface area contributed by atoms with E-state index in [0.29, 0.717) is 4.90 Å². The van der Waals surface area contributed by atoms with E-state index in [2.05, 4.69) is 10.6 Å². The molecule has 2 rings (SSSR count). The Labute approximate surface area is 117 Å². The first-order valence-electron chi connectivity index (χ1n) is 5.70. The predicted molar refractivity (Wildman–Crippen MR) is 68.4 cm³/mol. The highest BCUT2D eigenvalue weighted by Gasteiger charge is 2.34. The van der Waals surface area contributed by atoms with Gasteiger partial charge in [-0.1, -0.05) is 0 Å². The normalized spacial score (nSPS) is 18.2. The quantitative estimate of drug-likeness (QED) is 0.881. The topological polar surface area (TPSA) is 58.2 Å². The van der Waals surface area contributed by atoms with Crippen LogP contribution in [0.4, 0.5) is 18.9 Å². The Bertz CT molecular complexity index is 560. The maximum atomic E-state index is 12.6. The Morgan fingerprint density at radius 3 is 2.75 bits per heavy atom. The van der Waals surface area contributed by atoms with Crippen molar-refractivity contribution >= 4 is 29.3 Å². The van der Waals surface area contributed by atoms with Crippen LogP contribution in [0.2, 0.25) is 0 Å². The van der Waals surface area contributed by atoms with Crippen molar-refractivity contribution < 1.29 is 22.8 Å². The molecule has 108 valence electrons. The van der Waals surface area contributed by atoms with E-state index in [1.165, 1.54) is 13.1 Å². The van der Waals surface area contributed by atoms with Crippen molar-refractivity contribution in [3.63, 3.8) is 0 Å². The molecule has 1 heterocycles. The van der Waals surface area contributed by atoms with Crippen LogP contribution < -0.4 is 10.6 Å². The van der Waals surface area contributed by atoms with Gasteiger partial charge >= 0.3 is 6.18 Å². The van der Waals surface area contributed by atoms with E-state index in [9.17, 15) is 22.8 Å². The number of anilines is 1. The van der Waals surface area contributed by atoms with Crippen molar-refractivity contribution in [2.24, 2.45) is 0 Å². The van der Waals surface area contributed by atoms with Crippen LogP contribution in [0.1, 0.15) is 12.0 Å². The SMILES string of the molecule is CNC(=O)C[C@@H]1Sc2ccc(C(F)(F)F)cc2NC1=O. The molecular weight excluding hydrogens is 293 g/mol. The highest BCUT2D eigenvalue weighted by Crippen LogP contribution is 2.40. The van der Waals surface area contributed by atoms with Crippen LogP contribution in [0.5, 0.6) is 0 Å². The highest BCUT2D eigenvalue weighted by molar-refractivity contribution is 8.01. The second-order valence-corrected chi connectivity index (χ2v) is 5.43. The van der Waals surface area contributed by atoms with E-state index in [0.717, 1.165) is 23.9 Å². The number of rotatable bonds is 2. The van der Waals surface area contributed by atoms with Gasteiger partial charge in [-0.3, -0.25) is 9.59 Å².